The molecule has 0 saturated heterocycles. The highest BCUT2D eigenvalue weighted by molar-refractivity contribution is 7.25. The van der Waals surface area contributed by atoms with Crippen molar-refractivity contribution in [1.82, 2.24) is 10.6 Å². The number of thiophene rings is 1. The van der Waals surface area contributed by atoms with Crippen LogP contribution in [-0.4, -0.2) is 5.84 Å². The molecule has 2 N–H and O–H groups in total. The van der Waals surface area contributed by atoms with Crippen LogP contribution in [-0.2, 0) is 0 Å². The molecule has 4 nitrogen and oxygen atoms in total. The van der Waals surface area contributed by atoms with Gasteiger partial charge in [0.15, 0.2) is 0 Å². The predicted octanol–water partition coefficient (Wildman–Crippen LogP) is 11.1. The molecule has 0 amide bonds. The summed E-state index contributed by atoms with van der Waals surface area (Å²) in [6.07, 6.45) is -0.540. The number of benzene rings is 7. The van der Waals surface area contributed by atoms with E-state index < -0.39 is 0 Å². The standard InChI is InChI=1S/C43H29N3OS/c1-3-12-26(13-4-1)41-44-42(27-14-5-2-6-15-27)46-43(45-41)40-31(30-19-11-21-37-38(30)32-18-9-10-20-36(32)48-37)22-23-34-39(40)33-24-28-16-7-8-17-29(28)25-35(33)47-34/h1-25,41,43,45H,(H,44,46). The second kappa shape index (κ2) is 10.9. The number of hydrogen-bond donors (Lipinski definition) is 2. The fourth-order valence-corrected chi connectivity index (χ4v) is 8.50. The average Bonchev–Trinajstić information content (AvgIpc) is 3.72. The minimum absolute atomic E-state index is 0.257. The van der Waals surface area contributed by atoms with Crippen molar-refractivity contribution in [2.45, 2.75) is 12.3 Å². The van der Waals surface area contributed by atoms with E-state index in [1.165, 1.54) is 36.7 Å². The monoisotopic (exact) mass is 635 g/mol. The minimum Gasteiger partial charge on any atom is -0.456 e. The van der Waals surface area contributed by atoms with Gasteiger partial charge in [-0.2, -0.15) is 0 Å². The maximum atomic E-state index is 6.66. The number of amidine groups is 1. The van der Waals surface area contributed by atoms with E-state index in [2.05, 4.69) is 156 Å². The Bertz CT molecular complexity index is 2690. The highest BCUT2D eigenvalue weighted by Gasteiger charge is 2.31. The molecule has 0 bridgehead atoms. The van der Waals surface area contributed by atoms with Crippen LogP contribution in [0.15, 0.2) is 161 Å². The molecule has 2 atom stereocenters. The summed E-state index contributed by atoms with van der Waals surface area (Å²) in [5, 5.41) is 14.9. The number of nitrogens with one attached hydrogen (secondary N) is 2. The lowest BCUT2D eigenvalue weighted by Crippen LogP contribution is -2.45. The molecule has 1 aliphatic heterocycles. The van der Waals surface area contributed by atoms with E-state index in [0.29, 0.717) is 0 Å². The van der Waals surface area contributed by atoms with Crippen molar-refractivity contribution in [1.29, 1.82) is 0 Å². The van der Waals surface area contributed by atoms with Gasteiger partial charge in [-0.15, -0.1) is 11.3 Å². The Morgan fingerprint density at radius 3 is 2.15 bits per heavy atom. The first-order chi connectivity index (χ1) is 23.8. The van der Waals surface area contributed by atoms with Gasteiger partial charge in [-0.1, -0.05) is 121 Å². The van der Waals surface area contributed by atoms with E-state index in [-0.39, 0.29) is 12.3 Å². The second-order valence-electron chi connectivity index (χ2n) is 12.4. The summed E-state index contributed by atoms with van der Waals surface area (Å²) in [4.78, 5) is 5.23. The van der Waals surface area contributed by atoms with Crippen molar-refractivity contribution in [3.8, 4) is 11.1 Å². The van der Waals surface area contributed by atoms with Gasteiger partial charge in [-0.3, -0.25) is 5.32 Å². The second-order valence-corrected chi connectivity index (χ2v) is 13.5. The summed E-state index contributed by atoms with van der Waals surface area (Å²) in [5.74, 6) is 0.855. The molecule has 0 radical (unpaired) electrons. The largest absolute Gasteiger partial charge is 0.456 e. The topological polar surface area (TPSA) is 49.6 Å². The Kier molecular flexibility index (Phi) is 6.22. The summed E-state index contributed by atoms with van der Waals surface area (Å²) < 4.78 is 9.23. The lowest BCUT2D eigenvalue weighted by molar-refractivity contribution is 0.411. The molecule has 10 rings (SSSR count). The smallest absolute Gasteiger partial charge is 0.136 e. The lowest BCUT2D eigenvalue weighted by Gasteiger charge is -2.33. The number of furan rings is 1. The SMILES string of the molecule is c1ccc(C2=NC(c3ccccc3)NC(c3c(-c4cccc5sc6ccccc6c45)ccc4oc5cc6ccccc6cc5c34)N2)cc1. The summed E-state index contributed by atoms with van der Waals surface area (Å²) in [6, 6.07) is 53.7. The van der Waals surface area contributed by atoms with Crippen LogP contribution >= 0.6 is 11.3 Å². The van der Waals surface area contributed by atoms with Crippen LogP contribution in [0.25, 0.3) is 64.0 Å². The zero-order valence-electron chi connectivity index (χ0n) is 25.9. The van der Waals surface area contributed by atoms with Crippen LogP contribution in [0, 0.1) is 0 Å². The Morgan fingerprint density at radius 2 is 1.29 bits per heavy atom. The Hall–Kier alpha value is -5.75. The van der Waals surface area contributed by atoms with Crippen molar-refractivity contribution in [3.05, 3.63) is 168 Å². The van der Waals surface area contributed by atoms with Crippen LogP contribution in [0.2, 0.25) is 0 Å². The molecular weight excluding hydrogens is 607 g/mol. The first kappa shape index (κ1) is 27.4. The van der Waals surface area contributed by atoms with E-state index in [9.17, 15) is 0 Å². The fraction of sp³-hybridized carbons (Fsp3) is 0.0465. The zero-order chi connectivity index (χ0) is 31.6. The van der Waals surface area contributed by atoms with Crippen LogP contribution in [0.5, 0.6) is 0 Å². The quantitative estimate of drug-likeness (QED) is 0.202. The molecule has 228 valence electrons. The van der Waals surface area contributed by atoms with E-state index in [4.69, 9.17) is 9.41 Å². The fourth-order valence-electron chi connectivity index (χ4n) is 7.37. The number of hydrogen-bond acceptors (Lipinski definition) is 5. The van der Waals surface area contributed by atoms with E-state index in [1.54, 1.807) is 0 Å². The van der Waals surface area contributed by atoms with E-state index in [0.717, 1.165) is 49.9 Å². The first-order valence-corrected chi connectivity index (χ1v) is 17.1. The Balaban J connectivity index is 1.29. The molecule has 2 aromatic heterocycles. The van der Waals surface area contributed by atoms with Gasteiger partial charge in [0.1, 0.15) is 29.3 Å². The van der Waals surface area contributed by atoms with Gasteiger partial charge in [0.2, 0.25) is 0 Å². The van der Waals surface area contributed by atoms with Gasteiger partial charge in [-0.25, -0.2) is 4.99 Å². The van der Waals surface area contributed by atoms with Gasteiger partial charge in [0, 0.05) is 42.1 Å². The molecule has 7 aromatic carbocycles. The summed E-state index contributed by atoms with van der Waals surface area (Å²) in [6.45, 7) is 0. The van der Waals surface area contributed by atoms with E-state index in [1.807, 2.05) is 17.4 Å². The lowest BCUT2D eigenvalue weighted by atomic mass is 9.90. The van der Waals surface area contributed by atoms with Gasteiger partial charge in [-0.05, 0) is 57.8 Å². The maximum Gasteiger partial charge on any atom is 0.136 e. The molecule has 3 heterocycles. The van der Waals surface area contributed by atoms with Crippen LogP contribution in [0.4, 0.5) is 0 Å². The summed E-state index contributed by atoms with van der Waals surface area (Å²) in [5.41, 5.74) is 7.43. The third kappa shape index (κ3) is 4.36. The molecule has 9 aromatic rings. The van der Waals surface area contributed by atoms with Crippen LogP contribution in [0.3, 0.4) is 0 Å². The van der Waals surface area contributed by atoms with Crippen molar-refractivity contribution in [3.63, 3.8) is 0 Å². The first-order valence-electron chi connectivity index (χ1n) is 16.3. The molecule has 2 unspecified atom stereocenters. The molecule has 1 aliphatic rings. The predicted molar refractivity (Wildman–Crippen MR) is 201 cm³/mol. The highest BCUT2D eigenvalue weighted by Crippen LogP contribution is 2.46. The third-order valence-corrected chi connectivity index (χ3v) is 10.7. The minimum atomic E-state index is -0.283. The van der Waals surface area contributed by atoms with Crippen LogP contribution < -0.4 is 10.6 Å². The molecule has 0 fully saturated rings. The van der Waals surface area contributed by atoms with Gasteiger partial charge in [0.25, 0.3) is 0 Å². The molecule has 0 saturated carbocycles. The maximum absolute atomic E-state index is 6.66. The molecule has 5 heteroatoms. The van der Waals surface area contributed by atoms with E-state index >= 15 is 0 Å². The van der Waals surface area contributed by atoms with Crippen LogP contribution in [0.1, 0.15) is 29.0 Å². The van der Waals surface area contributed by atoms with Gasteiger partial charge < -0.3 is 9.73 Å². The zero-order valence-corrected chi connectivity index (χ0v) is 26.7. The Morgan fingerprint density at radius 1 is 0.562 bits per heavy atom. The molecule has 0 aliphatic carbocycles. The van der Waals surface area contributed by atoms with Crippen molar-refractivity contribution in [2.75, 3.05) is 0 Å². The number of aliphatic imine (C=N–C) groups is 1. The normalized spacial score (nSPS) is 16.5. The number of nitrogens with zero attached hydrogens (tertiary/aromatic N) is 1. The molecular formula is C43H29N3OS. The molecule has 0 spiro atoms. The van der Waals surface area contributed by atoms with Crippen molar-refractivity contribution < 1.29 is 4.42 Å². The average molecular weight is 636 g/mol. The summed E-state index contributed by atoms with van der Waals surface area (Å²) >= 11 is 1.85. The Labute approximate surface area is 281 Å². The van der Waals surface area contributed by atoms with Gasteiger partial charge in [0.05, 0.1) is 0 Å². The van der Waals surface area contributed by atoms with Crippen molar-refractivity contribution in [2.24, 2.45) is 4.99 Å². The number of rotatable bonds is 4. The van der Waals surface area contributed by atoms with Gasteiger partial charge >= 0.3 is 0 Å². The number of fused-ring (bicyclic) bond motifs is 7. The summed E-state index contributed by atoms with van der Waals surface area (Å²) in [7, 11) is 0. The van der Waals surface area contributed by atoms with Crippen molar-refractivity contribution >= 4 is 70.1 Å². The molecule has 48 heavy (non-hydrogen) atoms. The third-order valence-electron chi connectivity index (χ3n) is 9.55. The highest BCUT2D eigenvalue weighted by atomic mass is 32.1.